The Bertz CT molecular complexity index is 1820. The second-order valence-electron chi connectivity index (χ2n) is 14.6. The van der Waals surface area contributed by atoms with Crippen molar-refractivity contribution >= 4 is 32.8 Å². The van der Waals surface area contributed by atoms with Gasteiger partial charge in [0.1, 0.15) is 11.5 Å². The monoisotopic (exact) mass is 629 g/mol. The third kappa shape index (κ3) is 4.43. The van der Waals surface area contributed by atoms with E-state index in [1.807, 2.05) is 18.2 Å². The van der Waals surface area contributed by atoms with E-state index >= 15 is 0 Å². The van der Waals surface area contributed by atoms with E-state index in [2.05, 4.69) is 21.4 Å². The molecule has 2 unspecified atom stereocenters. The highest BCUT2D eigenvalue weighted by atomic mass is 32.2. The molecule has 1 amide bonds. The van der Waals surface area contributed by atoms with E-state index in [4.69, 9.17) is 4.74 Å². The highest BCUT2D eigenvalue weighted by Gasteiger charge is 2.65. The number of rotatable bonds is 7. The Morgan fingerprint density at radius 1 is 0.956 bits per heavy atom. The molecule has 1 N–H and O–H groups in total. The average molecular weight is 630 g/mol. The van der Waals surface area contributed by atoms with Crippen LogP contribution in [-0.2, 0) is 21.5 Å². The first kappa shape index (κ1) is 29.2. The number of Topliss-reactive ketones (excluding diaryl/α,β-unsaturated/α-hetero) is 1. The minimum Gasteiger partial charge on any atom is -0.497 e. The quantitative estimate of drug-likeness (QED) is 0.327. The topological polar surface area (TPSA) is 97.7 Å². The largest absolute Gasteiger partial charge is 0.497 e. The van der Waals surface area contributed by atoms with Crippen LogP contribution in [0, 0.1) is 23.2 Å². The maximum Gasteiger partial charge on any atom is 0.303 e. The van der Waals surface area contributed by atoms with E-state index in [0.717, 1.165) is 40.2 Å². The van der Waals surface area contributed by atoms with Gasteiger partial charge < -0.3 is 9.30 Å². The first-order chi connectivity index (χ1) is 21.6. The number of ketones is 1. The molecule has 4 fully saturated rings. The fraction of sp³-hybridized carbons (Fsp3) is 0.556. The van der Waals surface area contributed by atoms with E-state index in [-0.39, 0.29) is 11.8 Å². The first-order valence-corrected chi connectivity index (χ1v) is 18.2. The lowest BCUT2D eigenvalue weighted by atomic mass is 9.80. The molecule has 1 aliphatic heterocycles. The smallest absolute Gasteiger partial charge is 0.303 e. The Labute approximate surface area is 265 Å². The van der Waals surface area contributed by atoms with Gasteiger partial charge in [-0.05, 0) is 104 Å². The summed E-state index contributed by atoms with van der Waals surface area (Å²) in [5, 5.41) is 1.10. The minimum atomic E-state index is -3.95. The van der Waals surface area contributed by atoms with E-state index in [9.17, 15) is 18.0 Å². The van der Waals surface area contributed by atoms with Crippen molar-refractivity contribution in [3.05, 3.63) is 53.1 Å². The Kier molecular flexibility index (Phi) is 6.77. The molecule has 0 spiro atoms. The summed E-state index contributed by atoms with van der Waals surface area (Å²) in [5.74, 6) is 2.31. The molecule has 2 bridgehead atoms. The summed E-state index contributed by atoms with van der Waals surface area (Å²) < 4.78 is 36.4. The molecule has 3 aromatic rings. The molecule has 9 heteroatoms. The summed E-state index contributed by atoms with van der Waals surface area (Å²) in [6.07, 6.45) is 11.4. The van der Waals surface area contributed by atoms with Crippen LogP contribution in [0.15, 0.2) is 36.4 Å². The average Bonchev–Trinajstić information content (AvgIpc) is 3.29. The summed E-state index contributed by atoms with van der Waals surface area (Å²) >= 11 is 0. The molecule has 5 aliphatic rings. The zero-order chi connectivity index (χ0) is 31.2. The number of fused-ring (bicyclic) bond motifs is 9. The zero-order valence-electron chi connectivity index (χ0n) is 26.5. The number of nitrogens with one attached hydrogen (secondary N) is 1. The van der Waals surface area contributed by atoms with Gasteiger partial charge in [-0.3, -0.25) is 9.59 Å². The predicted octanol–water partition coefficient (Wildman–Crippen LogP) is 6.39. The van der Waals surface area contributed by atoms with Crippen LogP contribution in [0.5, 0.6) is 5.75 Å². The standard InChI is InChI=1S/C36H43N3O5S/c1-38(2)45(42,43)37-35(41)24-13-15-27-30(17-24)39-20-36(34(40)31-22-9-10-23(31)12-11-22)19-29(36)28-18-25(44-3)14-16-26(28)33(39)32(27)21-7-5-4-6-8-21/h13-18,21-23,29,31H,4-12,19-20H2,1-3H3,(H,37,41). The third-order valence-corrected chi connectivity index (χ3v) is 13.5. The third-order valence-electron chi connectivity index (χ3n) is 12.1. The fourth-order valence-corrected chi connectivity index (χ4v) is 10.3. The summed E-state index contributed by atoms with van der Waals surface area (Å²) in [7, 11) is 0.548. The molecule has 4 aliphatic carbocycles. The van der Waals surface area contributed by atoms with E-state index < -0.39 is 21.5 Å². The molecular weight excluding hydrogens is 586 g/mol. The lowest BCUT2D eigenvalue weighted by Crippen LogP contribution is -2.39. The number of nitrogens with zero attached hydrogens (tertiary/aromatic N) is 2. The van der Waals surface area contributed by atoms with Gasteiger partial charge in [0.2, 0.25) is 0 Å². The SMILES string of the molecule is COc1ccc2c(c1)C1CC1(C(=O)C1C3CCC1CC3)Cn1c-2c(C2CCCCC2)c2ccc(C(=O)NS(=O)(=O)N(C)C)cc21. The van der Waals surface area contributed by atoms with Crippen LogP contribution in [0.25, 0.3) is 22.2 Å². The number of ether oxygens (including phenoxy) is 1. The first-order valence-electron chi connectivity index (χ1n) is 16.8. The maximum atomic E-state index is 14.8. The van der Waals surface area contributed by atoms with Gasteiger partial charge in [-0.1, -0.05) is 25.3 Å². The van der Waals surface area contributed by atoms with Crippen LogP contribution in [0.4, 0.5) is 0 Å². The van der Waals surface area contributed by atoms with Gasteiger partial charge in [-0.2, -0.15) is 12.7 Å². The van der Waals surface area contributed by atoms with Gasteiger partial charge in [-0.25, -0.2) is 4.72 Å². The Morgan fingerprint density at radius 3 is 2.33 bits per heavy atom. The van der Waals surface area contributed by atoms with E-state index in [0.29, 0.717) is 35.6 Å². The summed E-state index contributed by atoms with van der Waals surface area (Å²) in [6.45, 7) is 0.586. The van der Waals surface area contributed by atoms with Crippen molar-refractivity contribution in [2.45, 2.75) is 82.6 Å². The van der Waals surface area contributed by atoms with Crippen molar-refractivity contribution in [3.8, 4) is 17.0 Å². The molecule has 1 aromatic heterocycles. The molecule has 2 atom stereocenters. The molecule has 4 saturated carbocycles. The van der Waals surface area contributed by atoms with Crippen LogP contribution >= 0.6 is 0 Å². The van der Waals surface area contributed by atoms with Gasteiger partial charge in [-0.15, -0.1) is 0 Å². The zero-order valence-corrected chi connectivity index (χ0v) is 27.3. The van der Waals surface area contributed by atoms with Gasteiger partial charge in [0.05, 0.1) is 18.2 Å². The Morgan fingerprint density at radius 2 is 1.67 bits per heavy atom. The van der Waals surface area contributed by atoms with Crippen molar-refractivity contribution in [2.75, 3.05) is 21.2 Å². The molecule has 2 heterocycles. The highest BCUT2D eigenvalue weighted by Crippen LogP contribution is 2.68. The van der Waals surface area contributed by atoms with Gasteiger partial charge in [0.15, 0.2) is 0 Å². The molecule has 0 radical (unpaired) electrons. The van der Waals surface area contributed by atoms with Gasteiger partial charge >= 0.3 is 10.2 Å². The number of carbonyl (C=O) groups is 2. The second kappa shape index (κ2) is 10.4. The number of hydrogen-bond donors (Lipinski definition) is 1. The summed E-state index contributed by atoms with van der Waals surface area (Å²) in [5.41, 5.74) is 5.59. The summed E-state index contributed by atoms with van der Waals surface area (Å²) in [4.78, 5) is 28.1. The van der Waals surface area contributed by atoms with Gasteiger partial charge in [0.25, 0.3) is 5.91 Å². The highest BCUT2D eigenvalue weighted by molar-refractivity contribution is 7.87. The Balaban J connectivity index is 1.34. The van der Waals surface area contributed by atoms with Crippen LogP contribution in [-0.4, -0.2) is 50.2 Å². The van der Waals surface area contributed by atoms with Crippen LogP contribution in [0.1, 0.15) is 97.5 Å². The van der Waals surface area contributed by atoms with Crippen molar-refractivity contribution in [1.29, 1.82) is 0 Å². The van der Waals surface area contributed by atoms with E-state index in [1.54, 1.807) is 13.2 Å². The second-order valence-corrected chi connectivity index (χ2v) is 16.4. The molecule has 0 saturated heterocycles. The summed E-state index contributed by atoms with van der Waals surface area (Å²) in [6, 6.07) is 12.0. The van der Waals surface area contributed by atoms with Gasteiger partial charge in [0, 0.05) is 54.5 Å². The molecule has 8 nitrogen and oxygen atoms in total. The number of carbonyl (C=O) groups excluding carboxylic acids is 2. The molecular formula is C36H43N3O5S. The molecule has 45 heavy (non-hydrogen) atoms. The number of amides is 1. The van der Waals surface area contributed by atoms with Crippen molar-refractivity contribution < 1.29 is 22.7 Å². The molecule has 238 valence electrons. The van der Waals surface area contributed by atoms with Crippen LogP contribution in [0.2, 0.25) is 0 Å². The predicted molar refractivity (Wildman–Crippen MR) is 174 cm³/mol. The fourth-order valence-electron chi connectivity index (χ4n) is 9.74. The van der Waals surface area contributed by atoms with E-state index in [1.165, 1.54) is 81.4 Å². The van der Waals surface area contributed by atoms with Crippen LogP contribution in [0.3, 0.4) is 0 Å². The number of aromatic nitrogens is 1. The number of methoxy groups -OCH3 is 1. The lowest BCUT2D eigenvalue weighted by molar-refractivity contribution is -0.130. The van der Waals surface area contributed by atoms with Crippen molar-refractivity contribution in [2.24, 2.45) is 23.2 Å². The van der Waals surface area contributed by atoms with Crippen molar-refractivity contribution in [1.82, 2.24) is 13.6 Å². The number of hydrogen-bond acceptors (Lipinski definition) is 5. The maximum absolute atomic E-state index is 14.8. The number of benzene rings is 2. The molecule has 8 rings (SSSR count). The van der Waals surface area contributed by atoms with Crippen molar-refractivity contribution in [3.63, 3.8) is 0 Å². The normalized spacial score (nSPS) is 28.8. The molecule has 2 aromatic carbocycles. The minimum absolute atomic E-state index is 0.140. The lowest BCUT2D eigenvalue weighted by Gasteiger charge is -2.25. The van der Waals surface area contributed by atoms with Crippen LogP contribution < -0.4 is 9.46 Å². The Hall–Kier alpha value is -3.17.